The van der Waals surface area contributed by atoms with E-state index in [1.54, 1.807) is 43.9 Å². The third-order valence-corrected chi connectivity index (χ3v) is 6.48. The fraction of sp³-hybridized carbons (Fsp3) is 0.304. The molecule has 6 nitrogen and oxygen atoms in total. The maximum absolute atomic E-state index is 13.4. The second-order valence-corrected chi connectivity index (χ2v) is 8.26. The molecule has 4 rings (SSSR count). The van der Waals surface area contributed by atoms with Crippen LogP contribution in [0.25, 0.3) is 0 Å². The van der Waals surface area contributed by atoms with E-state index in [-0.39, 0.29) is 5.91 Å². The van der Waals surface area contributed by atoms with Crippen molar-refractivity contribution in [2.75, 3.05) is 24.9 Å². The predicted octanol–water partition coefficient (Wildman–Crippen LogP) is 4.90. The van der Waals surface area contributed by atoms with E-state index in [0.717, 1.165) is 35.4 Å². The van der Waals surface area contributed by atoms with Crippen molar-refractivity contribution in [2.45, 2.75) is 32.2 Å². The predicted molar refractivity (Wildman–Crippen MR) is 120 cm³/mol. The summed E-state index contributed by atoms with van der Waals surface area (Å²) in [4.78, 5) is 18.9. The summed E-state index contributed by atoms with van der Waals surface area (Å²) in [7, 11) is 3.19. The molecule has 0 aliphatic heterocycles. The molecule has 0 saturated carbocycles. The molecule has 0 fully saturated rings. The summed E-state index contributed by atoms with van der Waals surface area (Å²) in [5.41, 5.74) is 3.57. The fourth-order valence-corrected chi connectivity index (χ4v) is 4.99. The van der Waals surface area contributed by atoms with Crippen LogP contribution >= 0.6 is 11.3 Å². The molecule has 1 aromatic carbocycles. The van der Waals surface area contributed by atoms with Crippen molar-refractivity contribution in [1.82, 2.24) is 4.98 Å². The van der Waals surface area contributed by atoms with E-state index in [9.17, 15) is 4.79 Å². The second kappa shape index (κ2) is 9.17. The molecule has 0 unspecified atom stereocenters. The summed E-state index contributed by atoms with van der Waals surface area (Å²) in [5.74, 6) is 1.13. The Morgan fingerprint density at radius 3 is 2.80 bits per heavy atom. The molecule has 3 aromatic rings. The zero-order chi connectivity index (χ0) is 20.9. The van der Waals surface area contributed by atoms with Gasteiger partial charge in [-0.1, -0.05) is 6.07 Å². The molecule has 2 aromatic heterocycles. The number of anilines is 2. The molecule has 2 N–H and O–H groups in total. The van der Waals surface area contributed by atoms with Crippen LogP contribution in [0.4, 0.5) is 10.7 Å². The number of thiophene rings is 1. The first-order chi connectivity index (χ1) is 14.7. The van der Waals surface area contributed by atoms with E-state index in [0.29, 0.717) is 23.7 Å². The van der Waals surface area contributed by atoms with E-state index in [4.69, 9.17) is 9.47 Å². The first-order valence-corrected chi connectivity index (χ1v) is 10.8. The van der Waals surface area contributed by atoms with E-state index in [2.05, 4.69) is 15.6 Å². The molecule has 2 heterocycles. The van der Waals surface area contributed by atoms with Crippen molar-refractivity contribution in [1.29, 1.82) is 0 Å². The van der Waals surface area contributed by atoms with Crippen molar-refractivity contribution in [3.8, 4) is 11.5 Å². The fourth-order valence-electron chi connectivity index (χ4n) is 3.71. The number of nitrogens with one attached hydrogen (secondary N) is 2. The van der Waals surface area contributed by atoms with Crippen LogP contribution in [-0.2, 0) is 19.4 Å². The number of aromatic nitrogens is 1. The van der Waals surface area contributed by atoms with Gasteiger partial charge in [-0.15, -0.1) is 11.3 Å². The monoisotopic (exact) mass is 423 g/mol. The number of carbonyl (C=O) groups is 1. The largest absolute Gasteiger partial charge is 0.497 e. The SMILES string of the molecule is COc1ccc(OC)c(NC(=O)c2c(NCc3cccnc3)sc3c2CCCC3)c1. The summed E-state index contributed by atoms with van der Waals surface area (Å²) in [6.07, 6.45) is 7.82. The van der Waals surface area contributed by atoms with E-state index in [1.165, 1.54) is 16.9 Å². The van der Waals surface area contributed by atoms with Gasteiger partial charge >= 0.3 is 0 Å². The average molecular weight is 424 g/mol. The summed E-state index contributed by atoms with van der Waals surface area (Å²) in [6.45, 7) is 0.621. The standard InChI is InChI=1S/C23H25N3O3S/c1-28-16-9-10-19(29-2)18(12-16)26-22(27)21-17-7-3-4-8-20(17)30-23(21)25-14-15-6-5-11-24-13-15/h5-6,9-13,25H,3-4,7-8,14H2,1-2H3,(H,26,27). The van der Waals surface area contributed by atoms with Crippen LogP contribution in [-0.4, -0.2) is 25.1 Å². The van der Waals surface area contributed by atoms with Crippen molar-refractivity contribution in [2.24, 2.45) is 0 Å². The van der Waals surface area contributed by atoms with Crippen LogP contribution in [0.1, 0.15) is 39.2 Å². The van der Waals surface area contributed by atoms with Crippen LogP contribution < -0.4 is 20.1 Å². The van der Waals surface area contributed by atoms with Gasteiger partial charge in [0.25, 0.3) is 5.91 Å². The third-order valence-electron chi connectivity index (χ3n) is 5.23. The summed E-state index contributed by atoms with van der Waals surface area (Å²) in [6, 6.07) is 9.31. The Bertz CT molecular complexity index is 1030. The topological polar surface area (TPSA) is 72.5 Å². The zero-order valence-electron chi connectivity index (χ0n) is 17.2. The molecule has 7 heteroatoms. The minimum absolute atomic E-state index is 0.130. The van der Waals surface area contributed by atoms with Gasteiger partial charge in [-0.2, -0.15) is 0 Å². The highest BCUT2D eigenvalue weighted by atomic mass is 32.1. The smallest absolute Gasteiger partial charge is 0.259 e. The van der Waals surface area contributed by atoms with E-state index in [1.807, 2.05) is 24.4 Å². The van der Waals surface area contributed by atoms with Gasteiger partial charge in [0.05, 0.1) is 25.5 Å². The second-order valence-electron chi connectivity index (χ2n) is 7.15. The Kier molecular flexibility index (Phi) is 6.18. The molecular weight excluding hydrogens is 398 g/mol. The van der Waals surface area contributed by atoms with Gasteiger partial charge in [0.15, 0.2) is 0 Å². The van der Waals surface area contributed by atoms with Crippen molar-refractivity contribution >= 4 is 27.9 Å². The number of hydrogen-bond donors (Lipinski definition) is 2. The molecule has 156 valence electrons. The number of carbonyl (C=O) groups excluding carboxylic acids is 1. The molecule has 0 saturated heterocycles. The lowest BCUT2D eigenvalue weighted by atomic mass is 9.95. The van der Waals surface area contributed by atoms with Crippen LogP contribution in [0.2, 0.25) is 0 Å². The molecule has 0 spiro atoms. The number of aryl methyl sites for hydroxylation is 1. The molecule has 0 bridgehead atoms. The Morgan fingerprint density at radius 2 is 2.03 bits per heavy atom. The average Bonchev–Trinajstić information content (AvgIpc) is 3.17. The Morgan fingerprint density at radius 1 is 1.17 bits per heavy atom. The Balaban J connectivity index is 1.63. The van der Waals surface area contributed by atoms with E-state index >= 15 is 0 Å². The van der Waals surface area contributed by atoms with Crippen LogP contribution in [0.15, 0.2) is 42.7 Å². The molecule has 0 radical (unpaired) electrons. The van der Waals surface area contributed by atoms with E-state index < -0.39 is 0 Å². The maximum atomic E-state index is 13.4. The lowest BCUT2D eigenvalue weighted by Crippen LogP contribution is -2.17. The number of nitrogens with zero attached hydrogens (tertiary/aromatic N) is 1. The summed E-state index contributed by atoms with van der Waals surface area (Å²) >= 11 is 1.69. The number of hydrogen-bond acceptors (Lipinski definition) is 6. The number of rotatable bonds is 7. The first kappa shape index (κ1) is 20.2. The normalized spacial score (nSPS) is 12.7. The molecule has 1 aliphatic carbocycles. The quantitative estimate of drug-likeness (QED) is 0.565. The summed E-state index contributed by atoms with van der Waals surface area (Å²) in [5, 5.41) is 7.41. The molecule has 1 amide bonds. The van der Waals surface area contributed by atoms with Crippen LogP contribution in [0, 0.1) is 0 Å². The van der Waals surface area contributed by atoms with Gasteiger partial charge in [-0.05, 0) is 55.0 Å². The number of ether oxygens (including phenoxy) is 2. The van der Waals surface area contributed by atoms with Gasteiger partial charge in [0.2, 0.25) is 0 Å². The number of pyridine rings is 1. The highest BCUT2D eigenvalue weighted by Crippen LogP contribution is 2.39. The number of amides is 1. The first-order valence-electron chi connectivity index (χ1n) is 10.00. The van der Waals surface area contributed by atoms with Crippen LogP contribution in [0.3, 0.4) is 0 Å². The number of methoxy groups -OCH3 is 2. The third kappa shape index (κ3) is 4.26. The van der Waals surface area contributed by atoms with Crippen molar-refractivity contribution in [3.05, 3.63) is 64.3 Å². The van der Waals surface area contributed by atoms with Gasteiger partial charge in [-0.25, -0.2) is 0 Å². The van der Waals surface area contributed by atoms with Crippen molar-refractivity contribution < 1.29 is 14.3 Å². The highest BCUT2D eigenvalue weighted by molar-refractivity contribution is 7.16. The van der Waals surface area contributed by atoms with Gasteiger partial charge in [0, 0.05) is 29.9 Å². The Labute approximate surface area is 180 Å². The molecule has 30 heavy (non-hydrogen) atoms. The minimum atomic E-state index is -0.130. The highest BCUT2D eigenvalue weighted by Gasteiger charge is 2.26. The molecule has 1 aliphatic rings. The lowest BCUT2D eigenvalue weighted by molar-refractivity contribution is 0.102. The van der Waals surface area contributed by atoms with Crippen LogP contribution in [0.5, 0.6) is 11.5 Å². The van der Waals surface area contributed by atoms with Crippen molar-refractivity contribution in [3.63, 3.8) is 0 Å². The minimum Gasteiger partial charge on any atom is -0.497 e. The summed E-state index contributed by atoms with van der Waals surface area (Å²) < 4.78 is 10.7. The number of benzene rings is 1. The molecule has 0 atom stereocenters. The maximum Gasteiger partial charge on any atom is 0.259 e. The molecular formula is C23H25N3O3S. The number of fused-ring (bicyclic) bond motifs is 1. The lowest BCUT2D eigenvalue weighted by Gasteiger charge is -2.15. The van der Waals surface area contributed by atoms with Gasteiger partial charge in [-0.3, -0.25) is 9.78 Å². The van der Waals surface area contributed by atoms with Gasteiger partial charge in [0.1, 0.15) is 16.5 Å². The zero-order valence-corrected chi connectivity index (χ0v) is 18.0. The Hall–Kier alpha value is -3.06. The van der Waals surface area contributed by atoms with Gasteiger partial charge < -0.3 is 20.1 Å².